The van der Waals surface area contributed by atoms with Gasteiger partial charge in [-0.15, -0.1) is 0 Å². The summed E-state index contributed by atoms with van der Waals surface area (Å²) in [6.45, 7) is 0. The first-order valence-electron chi connectivity index (χ1n) is 7.64. The summed E-state index contributed by atoms with van der Waals surface area (Å²) < 4.78 is 0. The maximum absolute atomic E-state index is 3.49. The maximum atomic E-state index is 3.49. The van der Waals surface area contributed by atoms with Crippen molar-refractivity contribution in [2.45, 2.75) is 56.9 Å². The number of nitrogens with one attached hydrogen (secondary N) is 1. The lowest BCUT2D eigenvalue weighted by Gasteiger charge is -2.30. The number of rotatable bonds is 5. The molecule has 1 N–H and O–H groups in total. The Morgan fingerprint density at radius 3 is 2.17 bits per heavy atom. The van der Waals surface area contributed by atoms with Gasteiger partial charge in [0.25, 0.3) is 0 Å². The van der Waals surface area contributed by atoms with Crippen LogP contribution in [0.3, 0.4) is 0 Å². The van der Waals surface area contributed by atoms with Gasteiger partial charge in [0.2, 0.25) is 0 Å². The van der Waals surface area contributed by atoms with Crippen LogP contribution in [0.15, 0.2) is 24.3 Å². The van der Waals surface area contributed by atoms with Crippen LogP contribution in [0.5, 0.6) is 0 Å². The Labute approximate surface area is 111 Å². The van der Waals surface area contributed by atoms with E-state index < -0.39 is 0 Å². The zero-order valence-electron chi connectivity index (χ0n) is 11.5. The van der Waals surface area contributed by atoms with Gasteiger partial charge in [-0.25, -0.2) is 0 Å². The molecule has 0 aliphatic heterocycles. The third-order valence-corrected chi connectivity index (χ3v) is 5.06. The van der Waals surface area contributed by atoms with Crippen molar-refractivity contribution in [1.29, 1.82) is 0 Å². The number of benzene rings is 1. The molecule has 2 fully saturated rings. The van der Waals surface area contributed by atoms with E-state index in [9.17, 15) is 0 Å². The minimum atomic E-state index is 0.561. The van der Waals surface area contributed by atoms with E-state index in [2.05, 4.69) is 36.6 Å². The van der Waals surface area contributed by atoms with Crippen LogP contribution in [0.2, 0.25) is 0 Å². The van der Waals surface area contributed by atoms with E-state index in [-0.39, 0.29) is 0 Å². The Morgan fingerprint density at radius 1 is 1.06 bits per heavy atom. The maximum Gasteiger partial charge on any atom is 0.0320 e. The van der Waals surface area contributed by atoms with Crippen LogP contribution < -0.4 is 5.32 Å². The molecule has 0 radical (unpaired) electrons. The fourth-order valence-corrected chi connectivity index (χ4v) is 3.22. The van der Waals surface area contributed by atoms with E-state index in [0.29, 0.717) is 6.04 Å². The van der Waals surface area contributed by atoms with Crippen LogP contribution in [0.25, 0.3) is 0 Å². The highest BCUT2D eigenvalue weighted by Gasteiger charge is 2.23. The Kier molecular flexibility index (Phi) is 3.69. The zero-order valence-corrected chi connectivity index (χ0v) is 11.5. The van der Waals surface area contributed by atoms with Gasteiger partial charge in [-0.3, -0.25) is 0 Å². The lowest BCUT2D eigenvalue weighted by Crippen LogP contribution is -2.23. The van der Waals surface area contributed by atoms with Crippen molar-refractivity contribution in [3.05, 3.63) is 35.4 Å². The summed E-state index contributed by atoms with van der Waals surface area (Å²) in [5.41, 5.74) is 3.04. The largest absolute Gasteiger partial charge is 0.313 e. The van der Waals surface area contributed by atoms with Crippen molar-refractivity contribution in [3.63, 3.8) is 0 Å². The molecule has 0 amide bonds. The van der Waals surface area contributed by atoms with Gasteiger partial charge in [0.15, 0.2) is 0 Å². The quantitative estimate of drug-likeness (QED) is 0.808. The number of hydrogen-bond donors (Lipinski definition) is 1. The predicted octanol–water partition coefficient (Wildman–Crippen LogP) is 4.40. The van der Waals surface area contributed by atoms with Crippen LogP contribution in [-0.4, -0.2) is 7.05 Å². The van der Waals surface area contributed by atoms with E-state index in [1.54, 1.807) is 5.56 Å². The third-order valence-electron chi connectivity index (χ3n) is 5.06. The van der Waals surface area contributed by atoms with Gasteiger partial charge in [-0.1, -0.05) is 49.9 Å². The molecule has 98 valence electrons. The van der Waals surface area contributed by atoms with E-state index in [1.807, 2.05) is 0 Å². The molecule has 1 aromatic carbocycles. The Bertz CT molecular complexity index is 373. The molecule has 2 saturated carbocycles. The van der Waals surface area contributed by atoms with Crippen LogP contribution in [0, 0.1) is 5.92 Å². The third kappa shape index (κ3) is 2.47. The van der Waals surface area contributed by atoms with Crippen LogP contribution in [0.4, 0.5) is 0 Å². The molecule has 0 spiro atoms. The van der Waals surface area contributed by atoms with E-state index in [4.69, 9.17) is 0 Å². The predicted molar refractivity (Wildman–Crippen MR) is 76.8 cm³/mol. The standard InChI is InChI=1S/C17H25N/c1-18-17(12-13-4-2-5-13)16-10-8-15(9-11-16)14-6-3-7-14/h8-11,13-14,17-18H,2-7,12H2,1H3. The Morgan fingerprint density at radius 2 is 1.72 bits per heavy atom. The molecule has 2 aliphatic rings. The van der Waals surface area contributed by atoms with Crippen molar-refractivity contribution in [3.8, 4) is 0 Å². The summed E-state index contributed by atoms with van der Waals surface area (Å²) in [5.74, 6) is 1.83. The van der Waals surface area contributed by atoms with Gasteiger partial charge in [0.05, 0.1) is 0 Å². The zero-order chi connectivity index (χ0) is 12.4. The van der Waals surface area contributed by atoms with E-state index >= 15 is 0 Å². The molecule has 0 heterocycles. The van der Waals surface area contributed by atoms with Crippen molar-refractivity contribution in [2.75, 3.05) is 7.05 Å². The Hall–Kier alpha value is -0.820. The van der Waals surface area contributed by atoms with E-state index in [0.717, 1.165) is 11.8 Å². The average Bonchev–Trinajstić information content (AvgIpc) is 2.27. The van der Waals surface area contributed by atoms with Gasteiger partial charge in [0, 0.05) is 6.04 Å². The highest BCUT2D eigenvalue weighted by atomic mass is 14.9. The van der Waals surface area contributed by atoms with Gasteiger partial charge in [-0.2, -0.15) is 0 Å². The molecule has 1 nitrogen and oxygen atoms in total. The molecule has 0 bridgehead atoms. The normalized spacial score (nSPS) is 22.3. The molecule has 18 heavy (non-hydrogen) atoms. The van der Waals surface area contributed by atoms with Crippen molar-refractivity contribution < 1.29 is 0 Å². The second-order valence-electron chi connectivity index (χ2n) is 6.17. The summed E-state index contributed by atoms with van der Waals surface area (Å²) >= 11 is 0. The highest BCUT2D eigenvalue weighted by Crippen LogP contribution is 2.38. The fraction of sp³-hybridized carbons (Fsp3) is 0.647. The summed E-state index contributed by atoms with van der Waals surface area (Å²) in [5, 5.41) is 3.49. The molecule has 2 aliphatic carbocycles. The average molecular weight is 243 g/mol. The van der Waals surface area contributed by atoms with Gasteiger partial charge < -0.3 is 5.32 Å². The van der Waals surface area contributed by atoms with Crippen molar-refractivity contribution in [2.24, 2.45) is 5.92 Å². The van der Waals surface area contributed by atoms with Gasteiger partial charge in [-0.05, 0) is 49.3 Å². The van der Waals surface area contributed by atoms with Crippen LogP contribution in [-0.2, 0) is 0 Å². The second kappa shape index (κ2) is 5.44. The van der Waals surface area contributed by atoms with Gasteiger partial charge >= 0.3 is 0 Å². The lowest BCUT2D eigenvalue weighted by atomic mass is 9.78. The SMILES string of the molecule is CNC(CC1CCC1)c1ccc(C2CCC2)cc1. The first kappa shape index (κ1) is 12.2. The first-order valence-corrected chi connectivity index (χ1v) is 7.64. The molecule has 0 aromatic heterocycles. The van der Waals surface area contributed by atoms with Gasteiger partial charge in [0.1, 0.15) is 0 Å². The second-order valence-corrected chi connectivity index (χ2v) is 6.17. The summed E-state index contributed by atoms with van der Waals surface area (Å²) in [4.78, 5) is 0. The summed E-state index contributed by atoms with van der Waals surface area (Å²) in [6.07, 6.45) is 9.87. The first-order chi connectivity index (χ1) is 8.86. The van der Waals surface area contributed by atoms with Crippen molar-refractivity contribution in [1.82, 2.24) is 5.32 Å². The minimum absolute atomic E-state index is 0.561. The van der Waals surface area contributed by atoms with E-state index in [1.165, 1.54) is 50.5 Å². The molecular weight excluding hydrogens is 218 g/mol. The molecular formula is C17H25N. The van der Waals surface area contributed by atoms with Crippen LogP contribution >= 0.6 is 0 Å². The fourth-order valence-electron chi connectivity index (χ4n) is 3.22. The molecule has 1 atom stereocenters. The molecule has 1 aromatic rings. The lowest BCUT2D eigenvalue weighted by molar-refractivity contribution is 0.265. The van der Waals surface area contributed by atoms with Crippen molar-refractivity contribution >= 4 is 0 Å². The Balaban J connectivity index is 1.65. The highest BCUT2D eigenvalue weighted by molar-refractivity contribution is 5.28. The van der Waals surface area contributed by atoms with Crippen LogP contribution in [0.1, 0.15) is 68.0 Å². The molecule has 1 heteroatoms. The molecule has 1 unspecified atom stereocenters. The molecule has 0 saturated heterocycles. The molecule has 3 rings (SSSR count). The monoisotopic (exact) mass is 243 g/mol. The number of hydrogen-bond acceptors (Lipinski definition) is 1. The minimum Gasteiger partial charge on any atom is -0.313 e. The summed E-state index contributed by atoms with van der Waals surface area (Å²) in [6, 6.07) is 10.0. The smallest absolute Gasteiger partial charge is 0.0320 e. The topological polar surface area (TPSA) is 12.0 Å². The summed E-state index contributed by atoms with van der Waals surface area (Å²) in [7, 11) is 2.10.